The number of carbonyl (C=O) groups is 1. The van der Waals surface area contributed by atoms with Crippen LogP contribution in [0.25, 0.3) is 5.82 Å². The first-order valence-electron chi connectivity index (χ1n) is 4.08. The number of aromatic nitrogens is 4. The predicted molar refractivity (Wildman–Crippen MR) is 49.3 cm³/mol. The second kappa shape index (κ2) is 3.37. The van der Waals surface area contributed by atoms with E-state index in [-0.39, 0.29) is 0 Å². The lowest BCUT2D eigenvalue weighted by atomic mass is 10.2. The van der Waals surface area contributed by atoms with Crippen LogP contribution in [0.2, 0.25) is 0 Å². The van der Waals surface area contributed by atoms with Crippen molar-refractivity contribution in [3.63, 3.8) is 0 Å². The number of hydrogen-bond donors (Lipinski definition) is 0. The monoisotopic (exact) mass is 188 g/mol. The molecule has 0 aliphatic rings. The molecule has 14 heavy (non-hydrogen) atoms. The molecule has 0 saturated heterocycles. The maximum atomic E-state index is 10.5. The SMILES string of the molecule is Cc1cc(C=O)cnc1-n1cncn1. The molecule has 0 saturated carbocycles. The van der Waals surface area contributed by atoms with Gasteiger partial charge in [-0.25, -0.2) is 14.6 Å². The number of rotatable bonds is 2. The smallest absolute Gasteiger partial charge is 0.158 e. The van der Waals surface area contributed by atoms with Gasteiger partial charge in [-0.05, 0) is 18.6 Å². The molecular formula is C9H8N4O. The molecule has 5 heteroatoms. The van der Waals surface area contributed by atoms with Crippen molar-refractivity contribution >= 4 is 6.29 Å². The minimum absolute atomic E-state index is 0.561. The summed E-state index contributed by atoms with van der Waals surface area (Å²) in [7, 11) is 0. The number of pyridine rings is 1. The van der Waals surface area contributed by atoms with Crippen molar-refractivity contribution in [3.05, 3.63) is 36.0 Å². The van der Waals surface area contributed by atoms with Crippen molar-refractivity contribution in [2.75, 3.05) is 0 Å². The van der Waals surface area contributed by atoms with Crippen LogP contribution in [0.5, 0.6) is 0 Å². The van der Waals surface area contributed by atoms with E-state index in [1.54, 1.807) is 17.1 Å². The van der Waals surface area contributed by atoms with Crippen molar-refractivity contribution in [1.82, 2.24) is 19.7 Å². The minimum Gasteiger partial charge on any atom is -0.298 e. The Morgan fingerprint density at radius 2 is 2.36 bits per heavy atom. The highest BCUT2D eigenvalue weighted by molar-refractivity contribution is 5.74. The van der Waals surface area contributed by atoms with Crippen molar-refractivity contribution in [2.24, 2.45) is 0 Å². The van der Waals surface area contributed by atoms with Crippen LogP contribution in [0.4, 0.5) is 0 Å². The lowest BCUT2D eigenvalue weighted by Crippen LogP contribution is -2.01. The molecule has 2 aromatic rings. The summed E-state index contributed by atoms with van der Waals surface area (Å²) in [6.07, 6.45) is 5.28. The van der Waals surface area contributed by atoms with Crippen molar-refractivity contribution in [3.8, 4) is 5.82 Å². The minimum atomic E-state index is 0.561. The second-order valence-corrected chi connectivity index (χ2v) is 2.87. The van der Waals surface area contributed by atoms with Crippen LogP contribution in [-0.4, -0.2) is 26.0 Å². The van der Waals surface area contributed by atoms with Gasteiger partial charge in [0.25, 0.3) is 0 Å². The summed E-state index contributed by atoms with van der Waals surface area (Å²) in [6, 6.07) is 1.76. The fraction of sp³-hybridized carbons (Fsp3) is 0.111. The number of nitrogens with zero attached hydrogens (tertiary/aromatic N) is 4. The van der Waals surface area contributed by atoms with Crippen LogP contribution in [0.1, 0.15) is 15.9 Å². The standard InChI is InChI=1S/C9H8N4O/c1-7-2-8(4-14)3-11-9(7)13-6-10-5-12-13/h2-6H,1H3. The summed E-state index contributed by atoms with van der Waals surface area (Å²) in [5.41, 5.74) is 1.45. The van der Waals surface area contributed by atoms with Crippen molar-refractivity contribution in [2.45, 2.75) is 6.92 Å². The van der Waals surface area contributed by atoms with Crippen LogP contribution in [0, 0.1) is 6.92 Å². The zero-order valence-electron chi connectivity index (χ0n) is 7.58. The molecule has 0 aromatic carbocycles. The van der Waals surface area contributed by atoms with Gasteiger partial charge in [0.05, 0.1) is 0 Å². The molecule has 2 heterocycles. The van der Waals surface area contributed by atoms with Gasteiger partial charge < -0.3 is 0 Å². The van der Waals surface area contributed by atoms with E-state index >= 15 is 0 Å². The summed E-state index contributed by atoms with van der Waals surface area (Å²) < 4.78 is 1.56. The van der Waals surface area contributed by atoms with Gasteiger partial charge >= 0.3 is 0 Å². The van der Waals surface area contributed by atoms with Crippen LogP contribution in [0.3, 0.4) is 0 Å². The maximum Gasteiger partial charge on any atom is 0.158 e. The van der Waals surface area contributed by atoms with Gasteiger partial charge in [-0.2, -0.15) is 5.10 Å². The zero-order chi connectivity index (χ0) is 9.97. The number of carbonyl (C=O) groups excluding carboxylic acids is 1. The molecule has 0 aliphatic heterocycles. The summed E-state index contributed by atoms with van der Waals surface area (Å²) >= 11 is 0. The lowest BCUT2D eigenvalue weighted by molar-refractivity contribution is 0.112. The van der Waals surface area contributed by atoms with Gasteiger partial charge in [-0.15, -0.1) is 0 Å². The molecule has 5 nitrogen and oxygen atoms in total. The van der Waals surface area contributed by atoms with Gasteiger partial charge in [0, 0.05) is 11.8 Å². The highest BCUT2D eigenvalue weighted by Gasteiger charge is 2.03. The molecule has 0 amide bonds. The van der Waals surface area contributed by atoms with E-state index < -0.39 is 0 Å². The summed E-state index contributed by atoms with van der Waals surface area (Å²) in [5, 5.41) is 3.96. The zero-order valence-corrected chi connectivity index (χ0v) is 7.58. The normalized spacial score (nSPS) is 10.1. The Morgan fingerprint density at radius 1 is 1.50 bits per heavy atom. The van der Waals surface area contributed by atoms with Gasteiger partial charge in [0.15, 0.2) is 12.1 Å². The Kier molecular flexibility index (Phi) is 2.06. The van der Waals surface area contributed by atoms with E-state index in [1.807, 2.05) is 6.92 Å². The van der Waals surface area contributed by atoms with Crippen LogP contribution < -0.4 is 0 Å². The molecule has 0 bridgehead atoms. The predicted octanol–water partition coefficient (Wildman–Crippen LogP) is 0.783. The molecule has 0 spiro atoms. The van der Waals surface area contributed by atoms with E-state index in [4.69, 9.17) is 0 Å². The molecule has 0 N–H and O–H groups in total. The Balaban J connectivity index is 2.51. The first-order chi connectivity index (χ1) is 6.81. The van der Waals surface area contributed by atoms with E-state index in [0.29, 0.717) is 11.4 Å². The third-order valence-electron chi connectivity index (χ3n) is 1.84. The molecule has 0 atom stereocenters. The average molecular weight is 188 g/mol. The third-order valence-corrected chi connectivity index (χ3v) is 1.84. The summed E-state index contributed by atoms with van der Waals surface area (Å²) in [4.78, 5) is 18.4. The van der Waals surface area contributed by atoms with Crippen molar-refractivity contribution in [1.29, 1.82) is 0 Å². The van der Waals surface area contributed by atoms with E-state index in [2.05, 4.69) is 15.1 Å². The molecule has 2 rings (SSSR count). The highest BCUT2D eigenvalue weighted by Crippen LogP contribution is 2.09. The molecule has 0 aliphatic carbocycles. The fourth-order valence-corrected chi connectivity index (χ4v) is 1.21. The summed E-state index contributed by atoms with van der Waals surface area (Å²) in [5.74, 6) is 0.688. The maximum absolute atomic E-state index is 10.5. The molecule has 70 valence electrons. The second-order valence-electron chi connectivity index (χ2n) is 2.87. The quantitative estimate of drug-likeness (QED) is 0.653. The van der Waals surface area contributed by atoms with E-state index in [0.717, 1.165) is 11.8 Å². The van der Waals surface area contributed by atoms with Gasteiger partial charge in [0.1, 0.15) is 12.7 Å². The van der Waals surface area contributed by atoms with Gasteiger partial charge in [-0.3, -0.25) is 4.79 Å². The van der Waals surface area contributed by atoms with Crippen LogP contribution in [0.15, 0.2) is 24.9 Å². The van der Waals surface area contributed by atoms with E-state index in [1.165, 1.54) is 12.5 Å². The Morgan fingerprint density at radius 3 is 2.93 bits per heavy atom. The molecule has 2 aromatic heterocycles. The number of hydrogen-bond acceptors (Lipinski definition) is 4. The first-order valence-corrected chi connectivity index (χ1v) is 4.08. The largest absolute Gasteiger partial charge is 0.298 e. The van der Waals surface area contributed by atoms with Crippen LogP contribution in [-0.2, 0) is 0 Å². The highest BCUT2D eigenvalue weighted by atomic mass is 16.1. The van der Waals surface area contributed by atoms with Crippen LogP contribution >= 0.6 is 0 Å². The number of aldehydes is 1. The first kappa shape index (κ1) is 8.55. The van der Waals surface area contributed by atoms with Crippen molar-refractivity contribution < 1.29 is 4.79 Å². The lowest BCUT2D eigenvalue weighted by Gasteiger charge is -2.03. The molecule has 0 radical (unpaired) electrons. The third kappa shape index (κ3) is 1.39. The topological polar surface area (TPSA) is 60.7 Å². The molecular weight excluding hydrogens is 180 g/mol. The fourth-order valence-electron chi connectivity index (χ4n) is 1.21. The average Bonchev–Trinajstić information content (AvgIpc) is 2.70. The summed E-state index contributed by atoms with van der Waals surface area (Å²) in [6.45, 7) is 1.87. The Hall–Kier alpha value is -2.04. The Bertz CT molecular complexity index is 450. The van der Waals surface area contributed by atoms with E-state index in [9.17, 15) is 4.79 Å². The number of aryl methyl sites for hydroxylation is 1. The van der Waals surface area contributed by atoms with Gasteiger partial charge in [-0.1, -0.05) is 0 Å². The molecule has 0 fully saturated rings. The molecule has 0 unspecified atom stereocenters. The Labute approximate surface area is 80.4 Å². The van der Waals surface area contributed by atoms with Gasteiger partial charge in [0.2, 0.25) is 0 Å².